The Balaban J connectivity index is 1.22. The van der Waals surface area contributed by atoms with E-state index in [-0.39, 0.29) is 17.5 Å². The second kappa shape index (κ2) is 14.9. The van der Waals surface area contributed by atoms with E-state index < -0.39 is 8.07 Å². The van der Waals surface area contributed by atoms with Crippen molar-refractivity contribution < 1.29 is 0 Å². The maximum absolute atomic E-state index is 2.72. The molecule has 10 rings (SSSR count). The number of rotatable bonds is 6. The van der Waals surface area contributed by atoms with Gasteiger partial charge in [0.1, 0.15) is 0 Å². The summed E-state index contributed by atoms with van der Waals surface area (Å²) in [7, 11) is -2.72. The lowest BCUT2D eigenvalue weighted by Crippen LogP contribution is -2.74. The SMILES string of the molecule is Cc1cc2c3c(c1)N(c1ccc([Si](c4ccccc4)(c4ccccc4)c4ccccc4)cc1C)c1ccccc1B3c1ccc(C(C)(C)C)cc1N2c1cccc(C(C)(C)C)c1. The predicted octanol–water partition coefficient (Wildman–Crippen LogP) is 10.4. The molecule has 0 fully saturated rings. The minimum atomic E-state index is -2.72. The summed E-state index contributed by atoms with van der Waals surface area (Å²) in [4.78, 5) is 5.15. The van der Waals surface area contributed by atoms with E-state index in [1.165, 1.54) is 93.5 Å². The van der Waals surface area contributed by atoms with Crippen LogP contribution in [-0.2, 0) is 10.8 Å². The third-order valence-electron chi connectivity index (χ3n) is 13.4. The number of hydrogen-bond donors (Lipinski definition) is 0. The molecular formula is C58H55BN2Si. The van der Waals surface area contributed by atoms with Crippen molar-refractivity contribution in [2.75, 3.05) is 9.80 Å². The Kier molecular flexibility index (Phi) is 9.57. The maximum atomic E-state index is 2.58. The van der Waals surface area contributed by atoms with Crippen molar-refractivity contribution >= 4 is 86.0 Å². The minimum Gasteiger partial charge on any atom is -0.311 e. The average molecular weight is 819 g/mol. The molecule has 8 aromatic rings. The Bertz CT molecular complexity index is 2870. The van der Waals surface area contributed by atoms with Crippen LogP contribution in [-0.4, -0.2) is 14.8 Å². The molecule has 0 amide bonds. The zero-order valence-electron chi connectivity index (χ0n) is 37.4. The molecule has 2 nitrogen and oxygen atoms in total. The number of aryl methyl sites for hydroxylation is 2. The Labute approximate surface area is 370 Å². The van der Waals surface area contributed by atoms with E-state index in [0.717, 1.165) is 0 Å². The van der Waals surface area contributed by atoms with Crippen molar-refractivity contribution in [1.29, 1.82) is 0 Å². The Morgan fingerprint density at radius 1 is 0.387 bits per heavy atom. The fourth-order valence-electron chi connectivity index (χ4n) is 10.4. The third-order valence-corrected chi connectivity index (χ3v) is 18.2. The quantitative estimate of drug-likeness (QED) is 0.122. The van der Waals surface area contributed by atoms with Gasteiger partial charge in [-0.1, -0.05) is 187 Å². The second-order valence-electron chi connectivity index (χ2n) is 19.6. The number of nitrogens with zero attached hydrogens (tertiary/aromatic N) is 2. The number of anilines is 6. The summed E-state index contributed by atoms with van der Waals surface area (Å²) in [5.74, 6) is 0. The number of fused-ring (bicyclic) bond motifs is 4. The zero-order valence-corrected chi connectivity index (χ0v) is 38.4. The van der Waals surface area contributed by atoms with E-state index in [4.69, 9.17) is 0 Å². The molecule has 2 aliphatic heterocycles. The number of para-hydroxylation sites is 1. The van der Waals surface area contributed by atoms with E-state index in [1.807, 2.05) is 0 Å². The molecule has 2 aliphatic rings. The summed E-state index contributed by atoms with van der Waals surface area (Å²) in [5, 5.41) is 5.53. The van der Waals surface area contributed by atoms with E-state index in [9.17, 15) is 0 Å². The van der Waals surface area contributed by atoms with E-state index in [2.05, 4.69) is 253 Å². The molecule has 0 spiro atoms. The van der Waals surface area contributed by atoms with Crippen LogP contribution >= 0.6 is 0 Å². The van der Waals surface area contributed by atoms with Crippen LogP contribution in [0.3, 0.4) is 0 Å². The molecule has 4 heteroatoms. The second-order valence-corrected chi connectivity index (χ2v) is 23.4. The molecule has 0 atom stereocenters. The van der Waals surface area contributed by atoms with Crippen LogP contribution in [0.1, 0.15) is 63.8 Å². The van der Waals surface area contributed by atoms with Crippen molar-refractivity contribution in [2.24, 2.45) is 0 Å². The Morgan fingerprint density at radius 2 is 0.919 bits per heavy atom. The van der Waals surface area contributed by atoms with Crippen molar-refractivity contribution in [3.05, 3.63) is 210 Å². The highest BCUT2D eigenvalue weighted by molar-refractivity contribution is 7.19. The highest BCUT2D eigenvalue weighted by atomic mass is 28.3. The summed E-state index contributed by atoms with van der Waals surface area (Å²) < 4.78 is 0. The normalized spacial score (nSPS) is 13.4. The van der Waals surface area contributed by atoms with Crippen molar-refractivity contribution in [1.82, 2.24) is 0 Å². The lowest BCUT2D eigenvalue weighted by Gasteiger charge is -2.45. The molecule has 0 bridgehead atoms. The predicted molar refractivity (Wildman–Crippen MR) is 271 cm³/mol. The molecule has 0 N–H and O–H groups in total. The molecule has 62 heavy (non-hydrogen) atoms. The smallest absolute Gasteiger partial charge is 0.252 e. The van der Waals surface area contributed by atoms with Gasteiger partial charge in [-0.15, -0.1) is 0 Å². The Hall–Kier alpha value is -6.36. The summed E-state index contributed by atoms with van der Waals surface area (Å²) in [5.41, 5.74) is 16.6. The highest BCUT2D eigenvalue weighted by Crippen LogP contribution is 2.46. The molecule has 0 radical (unpaired) electrons. The number of hydrogen-bond acceptors (Lipinski definition) is 2. The Morgan fingerprint density at radius 3 is 1.50 bits per heavy atom. The van der Waals surface area contributed by atoms with E-state index in [1.54, 1.807) is 0 Å². The largest absolute Gasteiger partial charge is 0.311 e. The van der Waals surface area contributed by atoms with E-state index in [0.29, 0.717) is 0 Å². The monoisotopic (exact) mass is 818 g/mol. The molecule has 0 saturated heterocycles. The summed E-state index contributed by atoms with van der Waals surface area (Å²) in [6.45, 7) is 18.6. The van der Waals surface area contributed by atoms with E-state index >= 15 is 0 Å². The van der Waals surface area contributed by atoms with Gasteiger partial charge in [0.2, 0.25) is 0 Å². The van der Waals surface area contributed by atoms with Crippen LogP contribution in [0.5, 0.6) is 0 Å². The van der Waals surface area contributed by atoms with Gasteiger partial charge in [-0.2, -0.15) is 0 Å². The third kappa shape index (κ3) is 6.38. The first-order chi connectivity index (χ1) is 29.9. The first-order valence-corrected chi connectivity index (χ1v) is 24.2. The van der Waals surface area contributed by atoms with Gasteiger partial charge in [-0.25, -0.2) is 0 Å². The van der Waals surface area contributed by atoms with Gasteiger partial charge in [0.15, 0.2) is 8.07 Å². The van der Waals surface area contributed by atoms with Gasteiger partial charge in [0.05, 0.1) is 0 Å². The van der Waals surface area contributed by atoms with Crippen LogP contribution in [0.4, 0.5) is 34.1 Å². The molecule has 0 saturated carbocycles. The molecule has 2 heterocycles. The molecule has 0 unspecified atom stereocenters. The van der Waals surface area contributed by atoms with Gasteiger partial charge in [-0.05, 0) is 127 Å². The van der Waals surface area contributed by atoms with Crippen molar-refractivity contribution in [3.8, 4) is 0 Å². The van der Waals surface area contributed by atoms with Gasteiger partial charge in [-0.3, -0.25) is 0 Å². The lowest BCUT2D eigenvalue weighted by atomic mass is 9.33. The first-order valence-electron chi connectivity index (χ1n) is 22.2. The minimum absolute atomic E-state index is 0.00105. The van der Waals surface area contributed by atoms with Gasteiger partial charge in [0, 0.05) is 34.1 Å². The van der Waals surface area contributed by atoms with Crippen LogP contribution in [0.2, 0.25) is 0 Å². The van der Waals surface area contributed by atoms with Crippen molar-refractivity contribution in [3.63, 3.8) is 0 Å². The van der Waals surface area contributed by atoms with Gasteiger partial charge >= 0.3 is 0 Å². The van der Waals surface area contributed by atoms with Crippen LogP contribution in [0, 0.1) is 13.8 Å². The van der Waals surface area contributed by atoms with Crippen LogP contribution < -0.4 is 46.9 Å². The zero-order chi connectivity index (χ0) is 43.0. The molecule has 8 aromatic carbocycles. The number of benzene rings is 8. The molecule has 0 aliphatic carbocycles. The van der Waals surface area contributed by atoms with Crippen LogP contribution in [0.15, 0.2) is 188 Å². The fourth-order valence-corrected chi connectivity index (χ4v) is 15.2. The highest BCUT2D eigenvalue weighted by Gasteiger charge is 2.45. The summed E-state index contributed by atoms with van der Waals surface area (Å²) in [6, 6.07) is 71.7. The van der Waals surface area contributed by atoms with Crippen LogP contribution in [0.25, 0.3) is 0 Å². The summed E-state index contributed by atoms with van der Waals surface area (Å²) in [6.07, 6.45) is 0. The van der Waals surface area contributed by atoms with Gasteiger partial charge in [0.25, 0.3) is 6.71 Å². The average Bonchev–Trinajstić information content (AvgIpc) is 3.27. The summed E-state index contributed by atoms with van der Waals surface area (Å²) >= 11 is 0. The maximum Gasteiger partial charge on any atom is 0.252 e. The first kappa shape index (κ1) is 39.8. The molecule has 304 valence electrons. The fraction of sp³-hybridized carbons (Fsp3) is 0.172. The van der Waals surface area contributed by atoms with Gasteiger partial charge < -0.3 is 9.80 Å². The molecular weight excluding hydrogens is 764 g/mol. The topological polar surface area (TPSA) is 6.48 Å². The molecule has 0 aromatic heterocycles. The lowest BCUT2D eigenvalue weighted by molar-refractivity contribution is 0.590. The standard InChI is InChI=1S/C58H55BN2Si/c1-40-35-54-56-55(36-40)61(51-34-32-48(37-41(51)2)62(45-23-12-9-13-24-45,46-25-14-10-15-26-46)47-27-16-11-17-28-47)52-30-19-18-29-49(52)59(56)50-33-31-43(58(6,7)8)39-53(50)60(54)44-22-20-21-42(38-44)57(3,4)5/h9-39H,1-8H3. The van der Waals surface area contributed by atoms with Crippen molar-refractivity contribution in [2.45, 2.75) is 66.2 Å².